The zero-order valence-corrected chi connectivity index (χ0v) is 12.4. The van der Waals surface area contributed by atoms with Gasteiger partial charge in [-0.05, 0) is 26.1 Å². The van der Waals surface area contributed by atoms with Gasteiger partial charge in [-0.25, -0.2) is 0 Å². The summed E-state index contributed by atoms with van der Waals surface area (Å²) in [5.74, 6) is 0. The third kappa shape index (κ3) is 2.89. The molecule has 0 radical (unpaired) electrons. The molecule has 2 heterocycles. The van der Waals surface area contributed by atoms with Crippen molar-refractivity contribution >= 4 is 22.9 Å². The van der Waals surface area contributed by atoms with E-state index in [1.807, 2.05) is 20.0 Å². The highest BCUT2D eigenvalue weighted by atomic mass is 35.5. The van der Waals surface area contributed by atoms with E-state index >= 15 is 0 Å². The van der Waals surface area contributed by atoms with E-state index in [1.54, 1.807) is 11.3 Å². The summed E-state index contributed by atoms with van der Waals surface area (Å²) in [6, 6.07) is 4.22. The van der Waals surface area contributed by atoms with Crippen LogP contribution in [0.3, 0.4) is 0 Å². The Labute approximate surface area is 117 Å². The summed E-state index contributed by atoms with van der Waals surface area (Å²) in [5.41, 5.74) is -0.171. The van der Waals surface area contributed by atoms with E-state index in [2.05, 4.69) is 11.4 Å². The lowest BCUT2D eigenvalue weighted by molar-refractivity contribution is -0.126. The lowest BCUT2D eigenvalue weighted by atomic mass is 9.85. The van der Waals surface area contributed by atoms with Gasteiger partial charge in [-0.15, -0.1) is 11.3 Å². The molecule has 0 aromatic carbocycles. The van der Waals surface area contributed by atoms with Crippen LogP contribution in [0.15, 0.2) is 12.1 Å². The quantitative estimate of drug-likeness (QED) is 0.903. The first kappa shape index (κ1) is 14.3. The van der Waals surface area contributed by atoms with E-state index in [-0.39, 0.29) is 11.6 Å². The van der Waals surface area contributed by atoms with Gasteiger partial charge < -0.3 is 14.8 Å². The minimum Gasteiger partial charge on any atom is -0.381 e. The van der Waals surface area contributed by atoms with Crippen molar-refractivity contribution in [3.63, 3.8) is 0 Å². The Balaban J connectivity index is 2.26. The maximum atomic E-state index is 6.11. The minimum absolute atomic E-state index is 0.171. The molecular formula is C13H20ClNO2S. The first-order valence-corrected chi connectivity index (χ1v) is 7.55. The largest absolute Gasteiger partial charge is 0.381 e. The molecule has 1 aliphatic heterocycles. The summed E-state index contributed by atoms with van der Waals surface area (Å²) < 4.78 is 12.4. The van der Waals surface area contributed by atoms with Crippen LogP contribution in [-0.2, 0) is 9.47 Å². The lowest BCUT2D eigenvalue weighted by Crippen LogP contribution is -2.48. The average Bonchev–Trinajstić information content (AvgIpc) is 2.78. The number of rotatable bonds is 5. The maximum Gasteiger partial charge on any atom is 0.0931 e. The van der Waals surface area contributed by atoms with Gasteiger partial charge in [-0.2, -0.15) is 0 Å². The van der Waals surface area contributed by atoms with Crippen molar-refractivity contribution in [2.24, 2.45) is 0 Å². The molecule has 5 heteroatoms. The highest BCUT2D eigenvalue weighted by molar-refractivity contribution is 7.16. The number of likely N-dealkylation sites (N-methyl/N-ethyl adjacent to an activating group) is 1. The van der Waals surface area contributed by atoms with Crippen molar-refractivity contribution in [3.05, 3.63) is 21.3 Å². The van der Waals surface area contributed by atoms with Crippen LogP contribution in [0.1, 0.15) is 30.7 Å². The molecule has 0 bridgehead atoms. The van der Waals surface area contributed by atoms with Crippen LogP contribution < -0.4 is 5.32 Å². The second kappa shape index (κ2) is 6.35. The first-order valence-electron chi connectivity index (χ1n) is 6.36. The molecule has 0 aliphatic carbocycles. The molecule has 0 spiro atoms. The first-order chi connectivity index (χ1) is 8.72. The summed E-state index contributed by atoms with van der Waals surface area (Å²) in [7, 11) is 1.98. The Morgan fingerprint density at radius 2 is 2.22 bits per heavy atom. The summed E-state index contributed by atoms with van der Waals surface area (Å²) in [5, 5.41) is 3.40. The van der Waals surface area contributed by atoms with Gasteiger partial charge in [-0.1, -0.05) is 11.6 Å². The summed E-state index contributed by atoms with van der Waals surface area (Å²) in [4.78, 5) is 1.23. The Hall–Kier alpha value is -0.130. The summed E-state index contributed by atoms with van der Waals surface area (Å²) in [6.07, 6.45) is 1.84. The Kier molecular flexibility index (Phi) is 5.04. The van der Waals surface area contributed by atoms with E-state index in [9.17, 15) is 0 Å². The summed E-state index contributed by atoms with van der Waals surface area (Å²) >= 11 is 7.67. The van der Waals surface area contributed by atoms with Crippen molar-refractivity contribution in [3.8, 4) is 0 Å². The van der Waals surface area contributed by atoms with E-state index < -0.39 is 0 Å². The molecule has 1 unspecified atom stereocenters. The Bertz CT molecular complexity index is 371. The lowest BCUT2D eigenvalue weighted by Gasteiger charge is -2.42. The molecule has 1 aromatic rings. The van der Waals surface area contributed by atoms with Gasteiger partial charge in [0.05, 0.1) is 16.0 Å². The van der Waals surface area contributed by atoms with Crippen molar-refractivity contribution < 1.29 is 9.47 Å². The predicted molar refractivity (Wildman–Crippen MR) is 75.5 cm³/mol. The van der Waals surface area contributed by atoms with Crippen molar-refractivity contribution in [2.45, 2.75) is 31.4 Å². The average molecular weight is 290 g/mol. The van der Waals surface area contributed by atoms with Gasteiger partial charge in [-0.3, -0.25) is 0 Å². The fraction of sp³-hybridized carbons (Fsp3) is 0.692. The molecule has 3 nitrogen and oxygen atoms in total. The van der Waals surface area contributed by atoms with E-state index in [4.69, 9.17) is 21.1 Å². The van der Waals surface area contributed by atoms with Gasteiger partial charge in [0.15, 0.2) is 0 Å². The maximum absolute atomic E-state index is 6.11. The highest BCUT2D eigenvalue weighted by Crippen LogP contribution is 2.40. The number of hydrogen-bond donors (Lipinski definition) is 1. The molecule has 1 fully saturated rings. The van der Waals surface area contributed by atoms with Gasteiger partial charge in [0.25, 0.3) is 0 Å². The molecule has 0 saturated carbocycles. The third-order valence-electron chi connectivity index (χ3n) is 3.46. The second-order valence-corrected chi connectivity index (χ2v) is 6.22. The fourth-order valence-corrected chi connectivity index (χ4v) is 3.95. The van der Waals surface area contributed by atoms with Crippen molar-refractivity contribution in [2.75, 3.05) is 26.9 Å². The summed E-state index contributed by atoms with van der Waals surface area (Å²) in [6.45, 7) is 4.29. The van der Waals surface area contributed by atoms with Gasteiger partial charge >= 0.3 is 0 Å². The monoisotopic (exact) mass is 289 g/mol. The van der Waals surface area contributed by atoms with Crippen molar-refractivity contribution in [1.82, 2.24) is 5.32 Å². The zero-order valence-electron chi connectivity index (χ0n) is 10.9. The minimum atomic E-state index is -0.171. The SMILES string of the molecule is CCOC1(C(NC)c2ccc(Cl)s2)CCOCC1. The van der Waals surface area contributed by atoms with Crippen LogP contribution in [0.5, 0.6) is 0 Å². The molecular weight excluding hydrogens is 270 g/mol. The predicted octanol–water partition coefficient (Wildman–Crippen LogP) is 3.25. The zero-order chi connectivity index (χ0) is 13.0. The van der Waals surface area contributed by atoms with Crippen LogP contribution in [0.2, 0.25) is 4.34 Å². The number of nitrogens with one attached hydrogen (secondary N) is 1. The number of thiophene rings is 1. The van der Waals surface area contributed by atoms with Gasteiger partial charge in [0.1, 0.15) is 0 Å². The topological polar surface area (TPSA) is 30.5 Å². The van der Waals surface area contributed by atoms with E-state index in [0.29, 0.717) is 0 Å². The van der Waals surface area contributed by atoms with E-state index in [0.717, 1.165) is 37.0 Å². The highest BCUT2D eigenvalue weighted by Gasteiger charge is 2.42. The molecule has 18 heavy (non-hydrogen) atoms. The molecule has 1 aliphatic rings. The molecule has 1 saturated heterocycles. The fourth-order valence-electron chi connectivity index (χ4n) is 2.67. The van der Waals surface area contributed by atoms with Gasteiger partial charge in [0.2, 0.25) is 0 Å². The van der Waals surface area contributed by atoms with Crippen LogP contribution in [0, 0.1) is 0 Å². The van der Waals surface area contributed by atoms with E-state index in [1.165, 1.54) is 4.88 Å². The number of hydrogen-bond acceptors (Lipinski definition) is 4. The molecule has 1 aromatic heterocycles. The Morgan fingerprint density at radius 1 is 1.50 bits per heavy atom. The smallest absolute Gasteiger partial charge is 0.0931 e. The number of ether oxygens (including phenoxy) is 2. The normalized spacial score (nSPS) is 20.8. The standard InChI is InChI=1S/C13H20ClNO2S/c1-3-17-13(6-8-16-9-7-13)12(15-2)10-4-5-11(14)18-10/h4-5,12,15H,3,6-9H2,1-2H3. The molecule has 102 valence electrons. The van der Waals surface area contributed by atoms with Crippen molar-refractivity contribution in [1.29, 1.82) is 0 Å². The third-order valence-corrected chi connectivity index (χ3v) is 4.76. The number of halogens is 1. The molecule has 1 atom stereocenters. The van der Waals surface area contributed by atoms with Gasteiger partial charge in [0, 0.05) is 37.5 Å². The molecule has 2 rings (SSSR count). The molecule has 0 amide bonds. The molecule has 1 N–H and O–H groups in total. The van der Waals surface area contributed by atoms with Crippen LogP contribution in [0.25, 0.3) is 0 Å². The van der Waals surface area contributed by atoms with Crippen LogP contribution in [0.4, 0.5) is 0 Å². The van der Waals surface area contributed by atoms with Crippen LogP contribution in [-0.4, -0.2) is 32.5 Å². The Morgan fingerprint density at radius 3 is 2.72 bits per heavy atom. The van der Waals surface area contributed by atoms with Crippen LogP contribution >= 0.6 is 22.9 Å². The second-order valence-electron chi connectivity index (χ2n) is 4.47.